The zero-order valence-electron chi connectivity index (χ0n) is 28.4. The van der Waals surface area contributed by atoms with Crippen LogP contribution in [-0.2, 0) is 30.7 Å². The van der Waals surface area contributed by atoms with Crippen LogP contribution in [0.4, 0.5) is 19.4 Å². The van der Waals surface area contributed by atoms with Crippen molar-refractivity contribution in [2.24, 2.45) is 5.41 Å². The molecule has 1 aromatic heterocycles. The Bertz CT molecular complexity index is 1550. The smallest absolute Gasteiger partial charge is 0.310 e. The van der Waals surface area contributed by atoms with Gasteiger partial charge in [-0.1, -0.05) is 66.2 Å². The van der Waals surface area contributed by atoms with E-state index in [-0.39, 0.29) is 16.4 Å². The molecule has 3 aliphatic heterocycles. The maximum Gasteiger partial charge on any atom is 0.310 e. The summed E-state index contributed by atoms with van der Waals surface area (Å²) in [5.74, 6) is -0.171. The lowest BCUT2D eigenvalue weighted by Crippen LogP contribution is -2.50. The third-order valence-electron chi connectivity index (χ3n) is 11.1. The van der Waals surface area contributed by atoms with Crippen LogP contribution < -0.4 is 4.73 Å². The van der Waals surface area contributed by atoms with Crippen LogP contribution in [0.3, 0.4) is 0 Å². The van der Waals surface area contributed by atoms with Crippen molar-refractivity contribution in [2.45, 2.75) is 120 Å². The van der Waals surface area contributed by atoms with Gasteiger partial charge < -0.3 is 23.8 Å². The molecule has 6 rings (SSSR count). The van der Waals surface area contributed by atoms with E-state index in [2.05, 4.69) is 47.7 Å². The van der Waals surface area contributed by atoms with Crippen molar-refractivity contribution in [3.05, 3.63) is 63.1 Å². The maximum atomic E-state index is 14.9. The van der Waals surface area contributed by atoms with E-state index in [4.69, 9.17) is 18.6 Å². The van der Waals surface area contributed by atoms with Crippen molar-refractivity contribution < 1.29 is 42.8 Å². The second kappa shape index (κ2) is 10.6. The number of benzene rings is 1. The SMILES string of the molecule is CC1(C)Cc2c(c3c(c(C4CCOCC4)[n+]2[O-])[C@@H](c2ccc(S(F)(F)(F)(F)F)cc2)OC32CCOCC2)[C@@H](O[Si](C)(C)C(C)(C)C)C1. The lowest BCUT2D eigenvalue weighted by Gasteiger charge is -2.45. The first-order valence-electron chi connectivity index (χ1n) is 16.6. The molecule has 1 spiro atoms. The number of fused-ring (bicyclic) bond motifs is 4. The quantitative estimate of drug-likeness (QED) is 0.134. The highest BCUT2D eigenvalue weighted by Crippen LogP contribution is 3.02. The first-order chi connectivity index (χ1) is 21.4. The van der Waals surface area contributed by atoms with E-state index in [1.165, 1.54) is 0 Å². The molecule has 0 unspecified atom stereocenters. The van der Waals surface area contributed by atoms with Crippen molar-refractivity contribution in [3.8, 4) is 0 Å². The van der Waals surface area contributed by atoms with Gasteiger partial charge in [-0.2, -0.15) is 4.73 Å². The summed E-state index contributed by atoms with van der Waals surface area (Å²) in [5.41, 5.74) is 2.77. The van der Waals surface area contributed by atoms with Gasteiger partial charge in [0.15, 0.2) is 14.0 Å². The Labute approximate surface area is 275 Å². The third kappa shape index (κ3) is 6.37. The molecule has 2 fully saturated rings. The summed E-state index contributed by atoms with van der Waals surface area (Å²) in [5, 5.41) is 14.8. The molecule has 0 N–H and O–H groups in total. The molecule has 47 heavy (non-hydrogen) atoms. The van der Waals surface area contributed by atoms with Crippen molar-refractivity contribution >= 4 is 18.5 Å². The number of rotatable bonds is 5. The van der Waals surface area contributed by atoms with Gasteiger partial charge in [0.05, 0.1) is 22.8 Å². The molecule has 2 atom stereocenters. The third-order valence-corrected chi connectivity index (χ3v) is 16.8. The van der Waals surface area contributed by atoms with Crippen LogP contribution in [0.15, 0.2) is 29.2 Å². The van der Waals surface area contributed by atoms with Gasteiger partial charge >= 0.3 is 10.2 Å². The predicted molar refractivity (Wildman–Crippen MR) is 174 cm³/mol. The molecule has 13 heteroatoms. The fourth-order valence-electron chi connectivity index (χ4n) is 7.72. The van der Waals surface area contributed by atoms with Gasteiger partial charge in [0.2, 0.25) is 5.69 Å². The Morgan fingerprint density at radius 2 is 1.49 bits per heavy atom. The van der Waals surface area contributed by atoms with E-state index in [9.17, 15) is 24.6 Å². The van der Waals surface area contributed by atoms with Crippen LogP contribution >= 0.6 is 10.2 Å². The minimum atomic E-state index is -9.90. The van der Waals surface area contributed by atoms with Gasteiger partial charge in [-0.3, -0.25) is 0 Å². The van der Waals surface area contributed by atoms with E-state index in [1.54, 1.807) is 0 Å². The molecule has 6 nitrogen and oxygen atoms in total. The molecule has 2 saturated heterocycles. The molecular weight excluding hydrogens is 658 g/mol. The molecule has 4 heterocycles. The summed E-state index contributed by atoms with van der Waals surface area (Å²) < 4.78 is 95.4. The number of hydrogen-bond acceptors (Lipinski definition) is 5. The van der Waals surface area contributed by atoms with E-state index in [0.717, 1.165) is 28.0 Å². The Morgan fingerprint density at radius 3 is 2.04 bits per heavy atom. The summed E-state index contributed by atoms with van der Waals surface area (Å²) in [7, 11) is -12.3. The van der Waals surface area contributed by atoms with Crippen LogP contribution in [0.25, 0.3) is 0 Å². The zero-order valence-corrected chi connectivity index (χ0v) is 30.2. The summed E-state index contributed by atoms with van der Waals surface area (Å²) in [6, 6.07) is 3.04. The van der Waals surface area contributed by atoms with Gasteiger partial charge in [0.25, 0.3) is 0 Å². The molecule has 0 bridgehead atoms. The Hall–Kier alpha value is -1.77. The summed E-state index contributed by atoms with van der Waals surface area (Å²) in [6.45, 7) is 17.0. The van der Waals surface area contributed by atoms with Crippen molar-refractivity contribution in [1.29, 1.82) is 0 Å². The topological polar surface area (TPSA) is 63.9 Å². The van der Waals surface area contributed by atoms with Crippen molar-refractivity contribution in [3.63, 3.8) is 0 Å². The maximum absolute atomic E-state index is 14.9. The first-order valence-corrected chi connectivity index (χ1v) is 21.5. The average Bonchev–Trinajstić information content (AvgIpc) is 3.25. The highest BCUT2D eigenvalue weighted by atomic mass is 32.5. The number of aromatic nitrogens is 1. The molecule has 4 aliphatic rings. The standard InChI is InChI=1S/C34H48F5NO5SSi/c1-32(2,3)47(6,7)45-26-21-33(4,5)20-25-27(26)29-28(30(40(25)41)22-12-16-42-17-13-22)31(44-34(29)14-18-43-19-15-34)23-8-10-24(11-9-23)46(35,36,37,38)39/h8-11,22,26,31H,12-21H2,1-7H3/t26-,31+/m0/s1. The van der Waals surface area contributed by atoms with E-state index < -0.39 is 41.2 Å². The zero-order chi connectivity index (χ0) is 34.5. The molecular formula is C34H48F5NO5SSi. The number of pyridine rings is 1. The van der Waals surface area contributed by atoms with Crippen LogP contribution in [0.1, 0.15) is 118 Å². The molecule has 2 aromatic rings. The fourth-order valence-corrected chi connectivity index (χ4v) is 9.63. The summed E-state index contributed by atoms with van der Waals surface area (Å²) >= 11 is 0. The Morgan fingerprint density at radius 1 is 0.915 bits per heavy atom. The molecule has 1 aliphatic carbocycles. The predicted octanol–water partition coefficient (Wildman–Crippen LogP) is 10.0. The van der Waals surface area contributed by atoms with E-state index in [1.807, 2.05) is 0 Å². The molecule has 1 aromatic carbocycles. The van der Waals surface area contributed by atoms with E-state index in [0.29, 0.717) is 99.6 Å². The Balaban J connectivity index is 1.64. The number of hydrogen-bond donors (Lipinski definition) is 0. The number of ether oxygens (including phenoxy) is 3. The van der Waals surface area contributed by atoms with E-state index >= 15 is 0 Å². The van der Waals surface area contributed by atoms with Crippen LogP contribution in [-0.4, -0.2) is 34.7 Å². The fraction of sp³-hybridized carbons (Fsp3) is 0.676. The second-order valence-corrected chi connectivity index (χ2v) is 23.4. The molecule has 0 radical (unpaired) electrons. The van der Waals surface area contributed by atoms with Crippen LogP contribution in [0.5, 0.6) is 0 Å². The van der Waals surface area contributed by atoms with Gasteiger partial charge in [-0.15, -0.1) is 0 Å². The highest BCUT2D eigenvalue weighted by molar-refractivity contribution is 8.45. The van der Waals surface area contributed by atoms with Crippen LogP contribution in [0, 0.1) is 10.6 Å². The number of halogens is 5. The van der Waals surface area contributed by atoms with Gasteiger partial charge in [0.1, 0.15) is 11.0 Å². The monoisotopic (exact) mass is 705 g/mol. The van der Waals surface area contributed by atoms with Gasteiger partial charge in [-0.25, -0.2) is 0 Å². The molecule has 0 amide bonds. The lowest BCUT2D eigenvalue weighted by molar-refractivity contribution is -0.627. The minimum Gasteiger partial charge on any atom is -0.618 e. The number of nitrogens with zero attached hydrogens (tertiary/aromatic N) is 1. The normalized spacial score (nSPS) is 26.4. The summed E-state index contributed by atoms with van der Waals surface area (Å²) in [4.78, 5) is -1.95. The highest BCUT2D eigenvalue weighted by Gasteiger charge is 2.65. The largest absolute Gasteiger partial charge is 0.618 e. The van der Waals surface area contributed by atoms with Crippen molar-refractivity contribution in [2.75, 3.05) is 26.4 Å². The van der Waals surface area contributed by atoms with Crippen LogP contribution in [0.2, 0.25) is 18.1 Å². The van der Waals surface area contributed by atoms with Gasteiger partial charge in [-0.05, 0) is 60.5 Å². The summed E-state index contributed by atoms with van der Waals surface area (Å²) in [6.07, 6.45) is 2.07. The second-order valence-electron chi connectivity index (χ2n) is 16.3. The molecule has 264 valence electrons. The van der Waals surface area contributed by atoms with Crippen molar-refractivity contribution in [1.82, 2.24) is 0 Å². The lowest BCUT2D eigenvalue weighted by atomic mass is 9.69. The minimum absolute atomic E-state index is 0.104. The first kappa shape index (κ1) is 35.1. The van der Waals surface area contributed by atoms with Gasteiger partial charge in [0, 0.05) is 57.2 Å². The molecule has 0 saturated carbocycles. The Kier molecular flexibility index (Phi) is 7.92. The average molecular weight is 706 g/mol.